The summed E-state index contributed by atoms with van der Waals surface area (Å²) >= 11 is 0. The van der Waals surface area contributed by atoms with E-state index in [-0.39, 0.29) is 17.9 Å². The normalized spacial score (nSPS) is 21.0. The molecule has 1 N–H and O–H groups in total. The Hall–Kier alpha value is -2.07. The summed E-state index contributed by atoms with van der Waals surface area (Å²) in [6, 6.07) is 11.6. The Kier molecular flexibility index (Phi) is 4.29. The quantitative estimate of drug-likeness (QED) is 0.943. The fourth-order valence-electron chi connectivity index (χ4n) is 3.19. The minimum absolute atomic E-state index is 0.00751. The highest BCUT2D eigenvalue weighted by molar-refractivity contribution is 5.94. The Bertz CT molecular complexity index is 636. The molecule has 22 heavy (non-hydrogen) atoms. The van der Waals surface area contributed by atoms with Crippen molar-refractivity contribution in [1.29, 1.82) is 0 Å². The van der Waals surface area contributed by atoms with E-state index in [0.29, 0.717) is 12.1 Å². The minimum Gasteiger partial charge on any atom is -0.393 e. The number of benzene rings is 1. The molecule has 1 heterocycles. The largest absolute Gasteiger partial charge is 0.393 e. The number of carbonyl (C=O) groups is 1. The van der Waals surface area contributed by atoms with Crippen molar-refractivity contribution in [3.8, 4) is 5.69 Å². The number of carbonyl (C=O) groups excluding carboxylic acids is 1. The van der Waals surface area contributed by atoms with Crippen molar-refractivity contribution >= 4 is 5.91 Å². The van der Waals surface area contributed by atoms with Crippen LogP contribution in [0.1, 0.15) is 29.6 Å². The molecule has 116 valence electrons. The van der Waals surface area contributed by atoms with Crippen LogP contribution in [-0.2, 0) is 0 Å². The predicted molar refractivity (Wildman–Crippen MR) is 86.1 cm³/mol. The lowest BCUT2D eigenvalue weighted by molar-refractivity contribution is 0.0693. The zero-order chi connectivity index (χ0) is 15.5. The van der Waals surface area contributed by atoms with Gasteiger partial charge in [-0.2, -0.15) is 0 Å². The van der Waals surface area contributed by atoms with Crippen LogP contribution in [0.4, 0.5) is 0 Å². The number of amides is 1. The van der Waals surface area contributed by atoms with Crippen LogP contribution in [-0.4, -0.2) is 40.2 Å². The van der Waals surface area contributed by atoms with Gasteiger partial charge in [0, 0.05) is 43.2 Å². The highest BCUT2D eigenvalue weighted by Crippen LogP contribution is 2.26. The number of rotatable bonds is 4. The average molecular weight is 298 g/mol. The molecule has 0 bridgehead atoms. The van der Waals surface area contributed by atoms with Crippen LogP contribution in [0.2, 0.25) is 0 Å². The number of nitrogens with zero attached hydrogens (tertiary/aromatic N) is 2. The molecule has 1 aliphatic rings. The number of hydrogen-bond acceptors (Lipinski definition) is 2. The third-order valence-corrected chi connectivity index (χ3v) is 4.47. The molecule has 1 aromatic heterocycles. The van der Waals surface area contributed by atoms with Gasteiger partial charge >= 0.3 is 0 Å². The van der Waals surface area contributed by atoms with E-state index in [1.54, 1.807) is 4.90 Å². The zero-order valence-corrected chi connectivity index (χ0v) is 12.9. The van der Waals surface area contributed by atoms with E-state index in [1.807, 2.05) is 60.4 Å². The molecule has 2 aromatic rings. The van der Waals surface area contributed by atoms with Gasteiger partial charge in [0.2, 0.25) is 0 Å². The molecule has 0 aliphatic heterocycles. The lowest BCUT2D eigenvalue weighted by Gasteiger charge is -2.23. The Morgan fingerprint density at radius 1 is 1.27 bits per heavy atom. The molecule has 4 nitrogen and oxygen atoms in total. The highest BCUT2D eigenvalue weighted by atomic mass is 16.3. The molecule has 1 aliphatic carbocycles. The number of aliphatic hydroxyl groups is 1. The molecule has 2 atom stereocenters. The summed E-state index contributed by atoms with van der Waals surface area (Å²) in [5.74, 6) is 0.217. The molecule has 1 aromatic carbocycles. The number of aliphatic hydroxyl groups excluding tert-OH is 1. The van der Waals surface area contributed by atoms with Gasteiger partial charge in [0.15, 0.2) is 0 Å². The van der Waals surface area contributed by atoms with E-state index >= 15 is 0 Å². The number of hydrogen-bond donors (Lipinski definition) is 1. The van der Waals surface area contributed by atoms with Gasteiger partial charge < -0.3 is 14.6 Å². The van der Waals surface area contributed by atoms with Crippen LogP contribution >= 0.6 is 0 Å². The second kappa shape index (κ2) is 6.36. The van der Waals surface area contributed by atoms with E-state index in [2.05, 4.69) is 0 Å². The van der Waals surface area contributed by atoms with Crippen LogP contribution in [0, 0.1) is 5.92 Å². The lowest BCUT2D eigenvalue weighted by Crippen LogP contribution is -2.34. The van der Waals surface area contributed by atoms with E-state index < -0.39 is 0 Å². The van der Waals surface area contributed by atoms with Crippen molar-refractivity contribution < 1.29 is 9.90 Å². The van der Waals surface area contributed by atoms with Gasteiger partial charge in [0.1, 0.15) is 0 Å². The van der Waals surface area contributed by atoms with Crippen LogP contribution in [0.15, 0.2) is 48.8 Å². The molecule has 0 spiro atoms. The van der Waals surface area contributed by atoms with E-state index in [0.717, 1.165) is 24.9 Å². The fraction of sp³-hybridized carbons (Fsp3) is 0.389. The minimum atomic E-state index is -0.263. The molecule has 3 rings (SSSR count). The van der Waals surface area contributed by atoms with Crippen molar-refractivity contribution in [2.45, 2.75) is 25.4 Å². The Balaban J connectivity index is 1.73. The summed E-state index contributed by atoms with van der Waals surface area (Å²) in [7, 11) is 1.82. The molecule has 1 saturated carbocycles. The monoisotopic (exact) mass is 298 g/mol. The van der Waals surface area contributed by atoms with Gasteiger partial charge in [-0.15, -0.1) is 0 Å². The first kappa shape index (κ1) is 14.9. The first-order chi connectivity index (χ1) is 10.6. The van der Waals surface area contributed by atoms with Crippen molar-refractivity contribution in [2.24, 2.45) is 5.92 Å². The number of aromatic nitrogens is 1. The summed E-state index contributed by atoms with van der Waals surface area (Å²) < 4.78 is 1.98. The van der Waals surface area contributed by atoms with Gasteiger partial charge in [0.05, 0.1) is 6.10 Å². The maximum atomic E-state index is 12.6. The molecule has 2 unspecified atom stereocenters. The second-order valence-electron chi connectivity index (χ2n) is 6.08. The van der Waals surface area contributed by atoms with Gasteiger partial charge in [-0.05, 0) is 43.2 Å². The van der Waals surface area contributed by atoms with Crippen molar-refractivity contribution in [1.82, 2.24) is 9.47 Å². The summed E-state index contributed by atoms with van der Waals surface area (Å²) in [5.41, 5.74) is 1.66. The van der Waals surface area contributed by atoms with Crippen molar-refractivity contribution in [2.75, 3.05) is 13.6 Å². The van der Waals surface area contributed by atoms with E-state index in [4.69, 9.17) is 0 Å². The Morgan fingerprint density at radius 2 is 2.05 bits per heavy atom. The van der Waals surface area contributed by atoms with Crippen LogP contribution in [0.25, 0.3) is 5.69 Å². The molecule has 1 fully saturated rings. The summed E-state index contributed by atoms with van der Waals surface area (Å²) in [6.07, 6.45) is 6.57. The standard InChI is InChI=1S/C18H22N2O2/c1-19(13-15-7-5-9-17(15)21)18(22)14-6-4-8-16(12-14)20-10-2-3-11-20/h2-4,6,8,10-12,15,17,21H,5,7,9,13H2,1H3. The third kappa shape index (κ3) is 3.07. The van der Waals surface area contributed by atoms with Gasteiger partial charge in [-0.25, -0.2) is 0 Å². The predicted octanol–water partition coefficient (Wildman–Crippen LogP) is 2.71. The second-order valence-corrected chi connectivity index (χ2v) is 6.08. The zero-order valence-electron chi connectivity index (χ0n) is 12.9. The van der Waals surface area contributed by atoms with Crippen LogP contribution < -0.4 is 0 Å². The highest BCUT2D eigenvalue weighted by Gasteiger charge is 2.27. The van der Waals surface area contributed by atoms with E-state index in [1.165, 1.54) is 0 Å². The van der Waals surface area contributed by atoms with Gasteiger partial charge in [-0.3, -0.25) is 4.79 Å². The van der Waals surface area contributed by atoms with Crippen molar-refractivity contribution in [3.05, 3.63) is 54.4 Å². The molecule has 0 radical (unpaired) electrons. The van der Waals surface area contributed by atoms with Gasteiger partial charge in [-0.1, -0.05) is 12.5 Å². The summed E-state index contributed by atoms with van der Waals surface area (Å²) in [5, 5.41) is 9.92. The molecule has 4 heteroatoms. The SMILES string of the molecule is CN(CC1CCCC1O)C(=O)c1cccc(-n2cccc2)c1. The first-order valence-corrected chi connectivity index (χ1v) is 7.82. The smallest absolute Gasteiger partial charge is 0.253 e. The maximum absolute atomic E-state index is 12.6. The van der Waals surface area contributed by atoms with Crippen molar-refractivity contribution in [3.63, 3.8) is 0 Å². The fourth-order valence-corrected chi connectivity index (χ4v) is 3.19. The average Bonchev–Trinajstić information content (AvgIpc) is 3.19. The van der Waals surface area contributed by atoms with Crippen LogP contribution in [0.5, 0.6) is 0 Å². The summed E-state index contributed by atoms with van der Waals surface area (Å²) in [4.78, 5) is 14.3. The van der Waals surface area contributed by atoms with E-state index in [9.17, 15) is 9.90 Å². The topological polar surface area (TPSA) is 45.5 Å². The Labute approximate surface area is 131 Å². The molecular weight excluding hydrogens is 276 g/mol. The molecule has 0 saturated heterocycles. The summed E-state index contributed by atoms with van der Waals surface area (Å²) in [6.45, 7) is 0.619. The van der Waals surface area contributed by atoms with Gasteiger partial charge in [0.25, 0.3) is 5.91 Å². The maximum Gasteiger partial charge on any atom is 0.253 e. The lowest BCUT2D eigenvalue weighted by atomic mass is 10.1. The third-order valence-electron chi connectivity index (χ3n) is 4.47. The van der Waals surface area contributed by atoms with Crippen LogP contribution in [0.3, 0.4) is 0 Å². The first-order valence-electron chi connectivity index (χ1n) is 7.82. The molecular formula is C18H22N2O2. The Morgan fingerprint density at radius 3 is 2.73 bits per heavy atom. The molecule has 1 amide bonds.